The first-order valence-corrected chi connectivity index (χ1v) is 7.00. The molecule has 0 radical (unpaired) electrons. The van der Waals surface area contributed by atoms with Gasteiger partial charge in [0.2, 0.25) is 0 Å². The number of hydrogen-bond acceptors (Lipinski definition) is 2. The van der Waals surface area contributed by atoms with Crippen molar-refractivity contribution in [2.45, 2.75) is 31.8 Å². The second kappa shape index (κ2) is 5.51. The van der Waals surface area contributed by atoms with E-state index in [4.69, 9.17) is 4.74 Å². The fraction of sp³-hybridized carbons (Fsp3) is 0.571. The molecule has 1 aliphatic rings. The van der Waals surface area contributed by atoms with E-state index in [2.05, 4.69) is 59.4 Å². The van der Waals surface area contributed by atoms with Gasteiger partial charge in [-0.2, -0.15) is 0 Å². The average molecular weight is 298 g/mol. The molecule has 0 spiro atoms. The highest BCUT2D eigenvalue weighted by molar-refractivity contribution is 9.10. The summed E-state index contributed by atoms with van der Waals surface area (Å²) in [5, 5.41) is 3.39. The maximum atomic E-state index is 5.68. The van der Waals surface area contributed by atoms with Crippen molar-refractivity contribution < 1.29 is 4.74 Å². The fourth-order valence-corrected chi connectivity index (χ4v) is 2.51. The van der Waals surface area contributed by atoms with Gasteiger partial charge < -0.3 is 10.1 Å². The zero-order chi connectivity index (χ0) is 12.3. The highest BCUT2D eigenvalue weighted by Crippen LogP contribution is 2.33. The van der Waals surface area contributed by atoms with Crippen LogP contribution >= 0.6 is 15.9 Å². The summed E-state index contributed by atoms with van der Waals surface area (Å²) in [7, 11) is 0. The van der Waals surface area contributed by atoms with Gasteiger partial charge in [-0.25, -0.2) is 0 Å². The molecular formula is C14H20BrNO. The normalized spacial score (nSPS) is 18.1. The summed E-state index contributed by atoms with van der Waals surface area (Å²) in [4.78, 5) is 0. The van der Waals surface area contributed by atoms with Crippen LogP contribution in [0.15, 0.2) is 28.7 Å². The zero-order valence-corrected chi connectivity index (χ0v) is 12.1. The standard InChI is InChI=1S/C14H20BrNO/c1-11(2)17-8-7-14(9-16-10-14)12-3-5-13(15)6-4-12/h3-6,11,16H,7-10H2,1-2H3. The molecule has 1 N–H and O–H groups in total. The third-order valence-electron chi connectivity index (χ3n) is 3.42. The largest absolute Gasteiger partial charge is 0.379 e. The monoisotopic (exact) mass is 297 g/mol. The van der Waals surface area contributed by atoms with Crippen molar-refractivity contribution in [3.63, 3.8) is 0 Å². The summed E-state index contributed by atoms with van der Waals surface area (Å²) in [6, 6.07) is 8.69. The number of rotatable bonds is 5. The van der Waals surface area contributed by atoms with Crippen LogP contribution in [0.5, 0.6) is 0 Å². The topological polar surface area (TPSA) is 21.3 Å². The van der Waals surface area contributed by atoms with Crippen LogP contribution in [0.1, 0.15) is 25.8 Å². The van der Waals surface area contributed by atoms with Crippen molar-refractivity contribution in [1.29, 1.82) is 0 Å². The third-order valence-corrected chi connectivity index (χ3v) is 3.94. The molecule has 0 atom stereocenters. The summed E-state index contributed by atoms with van der Waals surface area (Å²) < 4.78 is 6.82. The van der Waals surface area contributed by atoms with Crippen LogP contribution in [0.3, 0.4) is 0 Å². The van der Waals surface area contributed by atoms with Gasteiger partial charge in [0.1, 0.15) is 0 Å². The maximum Gasteiger partial charge on any atom is 0.0518 e. The van der Waals surface area contributed by atoms with E-state index in [1.165, 1.54) is 5.56 Å². The molecular weight excluding hydrogens is 278 g/mol. The first kappa shape index (κ1) is 13.1. The van der Waals surface area contributed by atoms with Crippen molar-refractivity contribution in [2.24, 2.45) is 0 Å². The third kappa shape index (κ3) is 3.09. The van der Waals surface area contributed by atoms with E-state index >= 15 is 0 Å². The SMILES string of the molecule is CC(C)OCCC1(c2ccc(Br)cc2)CNC1. The zero-order valence-electron chi connectivity index (χ0n) is 10.5. The Morgan fingerprint density at radius 3 is 2.41 bits per heavy atom. The molecule has 1 aromatic carbocycles. The highest BCUT2D eigenvalue weighted by Gasteiger charge is 2.38. The number of hydrogen-bond donors (Lipinski definition) is 1. The molecule has 0 bridgehead atoms. The van der Waals surface area contributed by atoms with Crippen LogP contribution in [-0.2, 0) is 10.2 Å². The molecule has 94 valence electrons. The van der Waals surface area contributed by atoms with Crippen LogP contribution in [0.4, 0.5) is 0 Å². The second-order valence-corrected chi connectivity index (χ2v) is 5.98. The minimum atomic E-state index is 0.287. The van der Waals surface area contributed by atoms with Gasteiger partial charge in [0, 0.05) is 29.6 Å². The van der Waals surface area contributed by atoms with Crippen LogP contribution in [0, 0.1) is 0 Å². The van der Waals surface area contributed by atoms with Gasteiger partial charge in [0.15, 0.2) is 0 Å². The van der Waals surface area contributed by atoms with Crippen LogP contribution in [0.25, 0.3) is 0 Å². The molecule has 1 aliphatic heterocycles. The molecule has 0 aliphatic carbocycles. The van der Waals surface area contributed by atoms with Crippen molar-refractivity contribution in [2.75, 3.05) is 19.7 Å². The van der Waals surface area contributed by atoms with E-state index in [9.17, 15) is 0 Å². The second-order valence-electron chi connectivity index (χ2n) is 5.06. The first-order chi connectivity index (χ1) is 8.12. The summed E-state index contributed by atoms with van der Waals surface area (Å²) in [6.07, 6.45) is 1.42. The maximum absolute atomic E-state index is 5.68. The van der Waals surface area contributed by atoms with Crippen molar-refractivity contribution in [1.82, 2.24) is 5.32 Å². The van der Waals surface area contributed by atoms with Crippen LogP contribution < -0.4 is 5.32 Å². The molecule has 0 saturated carbocycles. The van der Waals surface area contributed by atoms with E-state index in [1.807, 2.05) is 0 Å². The molecule has 0 amide bonds. The summed E-state index contributed by atoms with van der Waals surface area (Å²) in [6.45, 7) is 7.15. The Morgan fingerprint density at radius 1 is 1.29 bits per heavy atom. The summed E-state index contributed by atoms with van der Waals surface area (Å²) >= 11 is 3.48. The van der Waals surface area contributed by atoms with Gasteiger partial charge in [0.05, 0.1) is 6.10 Å². The molecule has 1 aromatic rings. The highest BCUT2D eigenvalue weighted by atomic mass is 79.9. The Bertz CT molecular complexity index is 357. The molecule has 0 aromatic heterocycles. The predicted octanol–water partition coefficient (Wildman–Crippen LogP) is 3.11. The smallest absolute Gasteiger partial charge is 0.0518 e. The molecule has 1 saturated heterocycles. The number of ether oxygens (including phenoxy) is 1. The lowest BCUT2D eigenvalue weighted by molar-refractivity contribution is 0.0556. The molecule has 0 unspecified atom stereocenters. The summed E-state index contributed by atoms with van der Waals surface area (Å²) in [5.74, 6) is 0. The van der Waals surface area contributed by atoms with E-state index in [-0.39, 0.29) is 5.41 Å². The van der Waals surface area contributed by atoms with Crippen molar-refractivity contribution in [3.05, 3.63) is 34.3 Å². The van der Waals surface area contributed by atoms with Gasteiger partial charge in [-0.3, -0.25) is 0 Å². The average Bonchev–Trinajstić information content (AvgIpc) is 2.23. The Morgan fingerprint density at radius 2 is 1.94 bits per heavy atom. The summed E-state index contributed by atoms with van der Waals surface area (Å²) in [5.41, 5.74) is 1.71. The molecule has 2 rings (SSSR count). The molecule has 1 heterocycles. The molecule has 2 nitrogen and oxygen atoms in total. The fourth-order valence-electron chi connectivity index (χ4n) is 2.25. The van der Waals surface area contributed by atoms with Gasteiger partial charge >= 0.3 is 0 Å². The Kier molecular flexibility index (Phi) is 4.23. The van der Waals surface area contributed by atoms with E-state index < -0.39 is 0 Å². The Labute approximate surface area is 112 Å². The van der Waals surface area contributed by atoms with Gasteiger partial charge in [0.25, 0.3) is 0 Å². The Hall–Kier alpha value is -0.380. The minimum absolute atomic E-state index is 0.287. The minimum Gasteiger partial charge on any atom is -0.379 e. The lowest BCUT2D eigenvalue weighted by atomic mass is 9.73. The predicted molar refractivity (Wildman–Crippen MR) is 74.4 cm³/mol. The van der Waals surface area contributed by atoms with Crippen LogP contribution in [-0.4, -0.2) is 25.8 Å². The number of benzene rings is 1. The lowest BCUT2D eigenvalue weighted by Crippen LogP contribution is -2.57. The van der Waals surface area contributed by atoms with Crippen molar-refractivity contribution >= 4 is 15.9 Å². The lowest BCUT2D eigenvalue weighted by Gasteiger charge is -2.43. The number of halogens is 1. The molecule has 1 fully saturated rings. The van der Waals surface area contributed by atoms with Gasteiger partial charge in [-0.15, -0.1) is 0 Å². The van der Waals surface area contributed by atoms with E-state index in [0.29, 0.717) is 6.10 Å². The van der Waals surface area contributed by atoms with Gasteiger partial charge in [-0.1, -0.05) is 28.1 Å². The van der Waals surface area contributed by atoms with E-state index in [1.54, 1.807) is 0 Å². The van der Waals surface area contributed by atoms with E-state index in [0.717, 1.165) is 30.6 Å². The molecule has 17 heavy (non-hydrogen) atoms. The Balaban J connectivity index is 2.01. The first-order valence-electron chi connectivity index (χ1n) is 6.21. The van der Waals surface area contributed by atoms with Crippen LogP contribution in [0.2, 0.25) is 0 Å². The van der Waals surface area contributed by atoms with Crippen molar-refractivity contribution in [3.8, 4) is 0 Å². The quantitative estimate of drug-likeness (QED) is 0.902. The number of nitrogens with one attached hydrogen (secondary N) is 1. The molecule has 3 heteroatoms. The van der Waals surface area contributed by atoms with Gasteiger partial charge in [-0.05, 0) is 38.0 Å².